The third-order valence-corrected chi connectivity index (χ3v) is 4.50. The van der Waals surface area contributed by atoms with Crippen LogP contribution in [0, 0.1) is 6.92 Å². The van der Waals surface area contributed by atoms with Crippen LogP contribution in [0.5, 0.6) is 5.75 Å². The molecule has 0 fully saturated rings. The Balaban J connectivity index is 1.60. The molecule has 0 unspecified atom stereocenters. The van der Waals surface area contributed by atoms with Gasteiger partial charge in [-0.2, -0.15) is 4.98 Å². The van der Waals surface area contributed by atoms with Gasteiger partial charge in [-0.15, -0.1) is 0 Å². The molecule has 146 valence electrons. The first-order chi connectivity index (χ1) is 13.5. The van der Waals surface area contributed by atoms with Gasteiger partial charge in [-0.3, -0.25) is 4.79 Å². The summed E-state index contributed by atoms with van der Waals surface area (Å²) in [6.45, 7) is 6.26. The molecule has 0 aliphatic carbocycles. The Kier molecular flexibility index (Phi) is 6.09. The molecule has 3 aromatic rings. The predicted octanol–water partition coefficient (Wildman–Crippen LogP) is 4.75. The van der Waals surface area contributed by atoms with Crippen LogP contribution in [0.25, 0.3) is 11.4 Å². The minimum Gasteiger partial charge on any atom is -0.495 e. The van der Waals surface area contributed by atoms with Gasteiger partial charge >= 0.3 is 0 Å². The van der Waals surface area contributed by atoms with E-state index >= 15 is 0 Å². The van der Waals surface area contributed by atoms with Gasteiger partial charge in [0.1, 0.15) is 5.75 Å². The topological polar surface area (TPSA) is 77.2 Å². The molecule has 0 bridgehead atoms. The van der Waals surface area contributed by atoms with Crippen LogP contribution in [0.15, 0.2) is 47.0 Å². The number of nitrogens with one attached hydrogen (secondary N) is 1. The van der Waals surface area contributed by atoms with E-state index in [4.69, 9.17) is 9.26 Å². The van der Waals surface area contributed by atoms with Crippen molar-refractivity contribution in [1.82, 2.24) is 10.1 Å². The number of aryl methyl sites for hydroxylation is 2. The van der Waals surface area contributed by atoms with E-state index in [9.17, 15) is 4.79 Å². The molecule has 0 atom stereocenters. The molecule has 28 heavy (non-hydrogen) atoms. The molecule has 0 aliphatic heterocycles. The van der Waals surface area contributed by atoms with Crippen molar-refractivity contribution < 1.29 is 14.1 Å². The normalized spacial score (nSPS) is 10.9. The summed E-state index contributed by atoms with van der Waals surface area (Å²) in [4.78, 5) is 16.7. The van der Waals surface area contributed by atoms with E-state index in [1.807, 2.05) is 37.3 Å². The van der Waals surface area contributed by atoms with Crippen LogP contribution in [0.2, 0.25) is 0 Å². The zero-order valence-electron chi connectivity index (χ0n) is 16.7. The van der Waals surface area contributed by atoms with Crippen molar-refractivity contribution in [2.75, 3.05) is 12.4 Å². The van der Waals surface area contributed by atoms with Gasteiger partial charge in [0.15, 0.2) is 0 Å². The maximum atomic E-state index is 12.3. The molecule has 1 N–H and O–H groups in total. The number of anilines is 1. The number of nitrogens with zero attached hydrogens (tertiary/aromatic N) is 2. The SMILES string of the molecule is COc1ccc(C)cc1NC(=O)CCc1nc(-c2ccc(C(C)C)cc2)no1. The van der Waals surface area contributed by atoms with Crippen molar-refractivity contribution in [3.05, 3.63) is 59.5 Å². The second kappa shape index (κ2) is 8.69. The summed E-state index contributed by atoms with van der Waals surface area (Å²) in [7, 11) is 1.58. The molecular weight excluding hydrogens is 354 g/mol. The highest BCUT2D eigenvalue weighted by Gasteiger charge is 2.13. The number of hydrogen-bond donors (Lipinski definition) is 1. The highest BCUT2D eigenvalue weighted by molar-refractivity contribution is 5.92. The minimum absolute atomic E-state index is 0.134. The average molecular weight is 379 g/mol. The van der Waals surface area contributed by atoms with Gasteiger partial charge in [-0.25, -0.2) is 0 Å². The molecule has 3 rings (SSSR count). The van der Waals surface area contributed by atoms with Crippen LogP contribution < -0.4 is 10.1 Å². The van der Waals surface area contributed by atoms with Crippen LogP contribution in [0.3, 0.4) is 0 Å². The number of carbonyl (C=O) groups excluding carboxylic acids is 1. The Hall–Kier alpha value is -3.15. The summed E-state index contributed by atoms with van der Waals surface area (Å²) >= 11 is 0. The van der Waals surface area contributed by atoms with E-state index in [2.05, 4.69) is 41.4 Å². The van der Waals surface area contributed by atoms with Gasteiger partial charge in [-0.1, -0.05) is 49.3 Å². The Labute approximate surface area is 164 Å². The second-order valence-electron chi connectivity index (χ2n) is 7.04. The Bertz CT molecular complexity index is 946. The van der Waals surface area contributed by atoms with E-state index in [1.165, 1.54) is 5.56 Å². The molecule has 0 spiro atoms. The molecule has 2 aromatic carbocycles. The molecule has 6 nitrogen and oxygen atoms in total. The van der Waals surface area contributed by atoms with Gasteiger partial charge in [0.25, 0.3) is 0 Å². The standard InChI is InChI=1S/C22H25N3O3/c1-14(2)16-6-8-17(9-7-16)22-24-21(28-25-22)12-11-20(26)23-18-13-15(3)5-10-19(18)27-4/h5-10,13-14H,11-12H2,1-4H3,(H,23,26). The zero-order chi connectivity index (χ0) is 20.1. The maximum Gasteiger partial charge on any atom is 0.227 e. The monoisotopic (exact) mass is 379 g/mol. The van der Waals surface area contributed by atoms with Crippen LogP contribution >= 0.6 is 0 Å². The summed E-state index contributed by atoms with van der Waals surface area (Å²) in [5.74, 6) is 1.94. The Morgan fingerprint density at radius 2 is 1.93 bits per heavy atom. The Morgan fingerprint density at radius 1 is 1.18 bits per heavy atom. The third-order valence-electron chi connectivity index (χ3n) is 4.50. The summed E-state index contributed by atoms with van der Waals surface area (Å²) in [5, 5.41) is 6.90. The number of methoxy groups -OCH3 is 1. The summed E-state index contributed by atoms with van der Waals surface area (Å²) in [5.41, 5.74) is 3.86. The molecular formula is C22H25N3O3. The van der Waals surface area contributed by atoms with E-state index < -0.39 is 0 Å². The van der Waals surface area contributed by atoms with Crippen LogP contribution in [0.1, 0.15) is 43.2 Å². The van der Waals surface area contributed by atoms with E-state index in [0.29, 0.717) is 35.5 Å². The quantitative estimate of drug-likeness (QED) is 0.641. The Morgan fingerprint density at radius 3 is 2.61 bits per heavy atom. The molecule has 0 saturated heterocycles. The van der Waals surface area contributed by atoms with Crippen LogP contribution in [0.4, 0.5) is 5.69 Å². The fourth-order valence-electron chi connectivity index (χ4n) is 2.84. The number of aromatic nitrogens is 2. The van der Waals surface area contributed by atoms with Gasteiger partial charge in [0, 0.05) is 18.4 Å². The lowest BCUT2D eigenvalue weighted by atomic mass is 10.0. The second-order valence-corrected chi connectivity index (χ2v) is 7.04. The summed E-state index contributed by atoms with van der Waals surface area (Å²) < 4.78 is 10.6. The lowest BCUT2D eigenvalue weighted by molar-refractivity contribution is -0.116. The first kappa shape index (κ1) is 19.6. The first-order valence-electron chi connectivity index (χ1n) is 9.33. The molecule has 1 amide bonds. The largest absolute Gasteiger partial charge is 0.495 e. The van der Waals surface area contributed by atoms with Gasteiger partial charge in [0.2, 0.25) is 17.6 Å². The van der Waals surface area contributed by atoms with Gasteiger partial charge in [-0.05, 0) is 36.1 Å². The van der Waals surface area contributed by atoms with Crippen LogP contribution in [-0.2, 0) is 11.2 Å². The zero-order valence-corrected chi connectivity index (χ0v) is 16.7. The number of hydrogen-bond acceptors (Lipinski definition) is 5. The van der Waals surface area contributed by atoms with Gasteiger partial charge < -0.3 is 14.6 Å². The number of rotatable bonds is 7. The van der Waals surface area contributed by atoms with Gasteiger partial charge in [0.05, 0.1) is 12.8 Å². The van der Waals surface area contributed by atoms with Crippen molar-refractivity contribution >= 4 is 11.6 Å². The number of benzene rings is 2. The first-order valence-corrected chi connectivity index (χ1v) is 9.33. The maximum absolute atomic E-state index is 12.3. The predicted molar refractivity (Wildman–Crippen MR) is 109 cm³/mol. The average Bonchev–Trinajstić information content (AvgIpc) is 3.16. The number of amides is 1. The molecule has 0 radical (unpaired) electrons. The highest BCUT2D eigenvalue weighted by Crippen LogP contribution is 2.25. The summed E-state index contributed by atoms with van der Waals surface area (Å²) in [6.07, 6.45) is 0.613. The highest BCUT2D eigenvalue weighted by atomic mass is 16.5. The smallest absolute Gasteiger partial charge is 0.227 e. The van der Waals surface area contributed by atoms with E-state index in [0.717, 1.165) is 11.1 Å². The van der Waals surface area contributed by atoms with Crippen LogP contribution in [-0.4, -0.2) is 23.2 Å². The van der Waals surface area contributed by atoms with Crippen molar-refractivity contribution in [2.24, 2.45) is 0 Å². The van der Waals surface area contributed by atoms with Crippen molar-refractivity contribution in [3.63, 3.8) is 0 Å². The summed E-state index contributed by atoms with van der Waals surface area (Å²) in [6, 6.07) is 13.8. The minimum atomic E-state index is -0.134. The lowest BCUT2D eigenvalue weighted by Gasteiger charge is -2.10. The number of ether oxygens (including phenoxy) is 1. The molecule has 6 heteroatoms. The van der Waals surface area contributed by atoms with Crippen molar-refractivity contribution in [3.8, 4) is 17.1 Å². The van der Waals surface area contributed by atoms with E-state index in [-0.39, 0.29) is 12.3 Å². The number of carbonyl (C=O) groups is 1. The fraction of sp³-hybridized carbons (Fsp3) is 0.318. The third kappa shape index (κ3) is 4.76. The fourth-order valence-corrected chi connectivity index (χ4v) is 2.84. The molecule has 1 heterocycles. The lowest BCUT2D eigenvalue weighted by Crippen LogP contribution is -2.13. The molecule has 0 saturated carbocycles. The molecule has 0 aliphatic rings. The molecule has 1 aromatic heterocycles. The van der Waals surface area contributed by atoms with Crippen molar-refractivity contribution in [1.29, 1.82) is 0 Å². The van der Waals surface area contributed by atoms with E-state index in [1.54, 1.807) is 7.11 Å². The van der Waals surface area contributed by atoms with Crippen molar-refractivity contribution in [2.45, 2.75) is 39.5 Å².